The predicted octanol–water partition coefficient (Wildman–Crippen LogP) is 5.36. The molecule has 3 N–H and O–H groups in total. The normalized spacial score (nSPS) is 10.1. The van der Waals surface area contributed by atoms with E-state index >= 15 is 0 Å². The number of benzene rings is 3. The Balaban J connectivity index is 1.50. The van der Waals surface area contributed by atoms with Crippen LogP contribution in [0.25, 0.3) is 11.1 Å². The number of carbonyl (C=O) groups is 1. The summed E-state index contributed by atoms with van der Waals surface area (Å²) < 4.78 is 13.2. The summed E-state index contributed by atoms with van der Waals surface area (Å²) in [4.78, 5) is 16.5. The molecule has 0 saturated carbocycles. The molecule has 0 spiro atoms. The maximum Gasteiger partial charge on any atom is 0.319 e. The molecule has 0 saturated heterocycles. The summed E-state index contributed by atoms with van der Waals surface area (Å²) in [5.74, 6) is 6.08. The zero-order valence-electron chi connectivity index (χ0n) is 18.3. The number of nitrogens with zero attached hydrogens (tertiary/aromatic N) is 1. The van der Waals surface area contributed by atoms with E-state index in [1.165, 1.54) is 12.1 Å². The molecule has 4 aromatic rings. The molecule has 0 aliphatic rings. The number of urea groups is 1. The Morgan fingerprint density at radius 2 is 1.74 bits per heavy atom. The maximum absolute atomic E-state index is 13.2. The van der Waals surface area contributed by atoms with E-state index in [0.717, 1.165) is 16.7 Å². The fourth-order valence-corrected chi connectivity index (χ4v) is 3.39. The van der Waals surface area contributed by atoms with E-state index in [1.54, 1.807) is 48.8 Å². The largest absolute Gasteiger partial charge is 0.508 e. The summed E-state index contributed by atoms with van der Waals surface area (Å²) in [5.41, 5.74) is 4.77. The van der Waals surface area contributed by atoms with Gasteiger partial charge in [0.05, 0.1) is 0 Å². The Bertz CT molecular complexity index is 1340. The highest BCUT2D eigenvalue weighted by molar-refractivity contribution is 5.90. The van der Waals surface area contributed by atoms with Crippen LogP contribution < -0.4 is 10.6 Å². The van der Waals surface area contributed by atoms with Gasteiger partial charge >= 0.3 is 6.03 Å². The summed E-state index contributed by atoms with van der Waals surface area (Å²) in [6.45, 7) is 0.418. The number of nitrogens with one attached hydrogen (secondary N) is 2. The van der Waals surface area contributed by atoms with Crippen LogP contribution in [0.15, 0.2) is 91.3 Å². The topological polar surface area (TPSA) is 74.2 Å². The molecule has 0 atom stereocenters. The number of phenols is 1. The van der Waals surface area contributed by atoms with Crippen molar-refractivity contribution in [3.63, 3.8) is 0 Å². The summed E-state index contributed by atoms with van der Waals surface area (Å²) in [6, 6.07) is 21.9. The van der Waals surface area contributed by atoms with E-state index in [9.17, 15) is 14.3 Å². The van der Waals surface area contributed by atoms with Gasteiger partial charge in [-0.25, -0.2) is 9.18 Å². The van der Waals surface area contributed by atoms with Crippen molar-refractivity contribution in [2.24, 2.45) is 0 Å². The van der Waals surface area contributed by atoms with Gasteiger partial charge in [0, 0.05) is 35.8 Å². The molecular weight excluding hydrogens is 429 g/mol. The molecule has 0 unspecified atom stereocenters. The molecule has 34 heavy (non-hydrogen) atoms. The molecule has 1 heterocycles. The van der Waals surface area contributed by atoms with Gasteiger partial charge in [0.25, 0.3) is 0 Å². The van der Waals surface area contributed by atoms with Crippen LogP contribution in [0, 0.1) is 17.7 Å². The Morgan fingerprint density at radius 3 is 2.50 bits per heavy atom. The number of halogens is 1. The third kappa shape index (κ3) is 6.21. The first kappa shape index (κ1) is 22.6. The number of aromatic nitrogens is 1. The number of phenolic OH excluding ortho intramolecular Hbond substituents is 1. The SMILES string of the molecule is O=C(NCCc1cccc(O)c1)Nc1ccc(-c2ccncc2)c(C#Cc2ccc(F)cc2)c1. The predicted molar refractivity (Wildman–Crippen MR) is 131 cm³/mol. The quantitative estimate of drug-likeness (QED) is 0.358. The highest BCUT2D eigenvalue weighted by atomic mass is 19.1. The summed E-state index contributed by atoms with van der Waals surface area (Å²) >= 11 is 0. The van der Waals surface area contributed by atoms with E-state index in [-0.39, 0.29) is 17.6 Å². The monoisotopic (exact) mass is 451 g/mol. The molecule has 3 aromatic carbocycles. The summed E-state index contributed by atoms with van der Waals surface area (Å²) in [6.07, 6.45) is 4.01. The molecule has 0 bridgehead atoms. The van der Waals surface area contributed by atoms with E-state index in [0.29, 0.717) is 29.8 Å². The van der Waals surface area contributed by atoms with Crippen LogP contribution in [0.5, 0.6) is 5.75 Å². The molecule has 0 fully saturated rings. The summed E-state index contributed by atoms with van der Waals surface area (Å²) in [5, 5.41) is 15.2. The van der Waals surface area contributed by atoms with Gasteiger partial charge in [0.2, 0.25) is 0 Å². The van der Waals surface area contributed by atoms with Gasteiger partial charge < -0.3 is 15.7 Å². The second kappa shape index (κ2) is 10.8. The van der Waals surface area contributed by atoms with Crippen LogP contribution in [-0.4, -0.2) is 22.7 Å². The third-order valence-corrected chi connectivity index (χ3v) is 5.06. The minimum atomic E-state index is -0.339. The first-order chi connectivity index (χ1) is 16.6. The number of amides is 2. The van der Waals surface area contributed by atoms with Crippen molar-refractivity contribution in [1.29, 1.82) is 0 Å². The zero-order chi connectivity index (χ0) is 23.8. The molecule has 6 heteroatoms. The van der Waals surface area contributed by atoms with E-state index < -0.39 is 0 Å². The molecule has 2 amide bonds. The lowest BCUT2D eigenvalue weighted by Gasteiger charge is -2.11. The zero-order valence-corrected chi connectivity index (χ0v) is 18.3. The maximum atomic E-state index is 13.2. The van der Waals surface area contributed by atoms with Gasteiger partial charge in [-0.15, -0.1) is 0 Å². The van der Waals surface area contributed by atoms with Crippen molar-refractivity contribution in [2.75, 3.05) is 11.9 Å². The number of rotatable bonds is 5. The lowest BCUT2D eigenvalue weighted by atomic mass is 10.00. The van der Waals surface area contributed by atoms with Gasteiger partial charge in [-0.2, -0.15) is 0 Å². The second-order valence-electron chi connectivity index (χ2n) is 7.55. The number of pyridine rings is 1. The number of carbonyl (C=O) groups excluding carboxylic acids is 1. The molecule has 0 aliphatic heterocycles. The fourth-order valence-electron chi connectivity index (χ4n) is 3.39. The average molecular weight is 452 g/mol. The Labute approximate surface area is 197 Å². The number of anilines is 1. The number of hydrogen-bond acceptors (Lipinski definition) is 3. The minimum Gasteiger partial charge on any atom is -0.508 e. The van der Waals surface area contributed by atoms with Gasteiger partial charge in [-0.3, -0.25) is 4.98 Å². The molecular formula is C28H22FN3O2. The smallest absolute Gasteiger partial charge is 0.319 e. The van der Waals surface area contributed by atoms with Crippen molar-refractivity contribution in [2.45, 2.75) is 6.42 Å². The molecule has 1 aromatic heterocycles. The Morgan fingerprint density at radius 1 is 0.941 bits per heavy atom. The molecule has 5 nitrogen and oxygen atoms in total. The lowest BCUT2D eigenvalue weighted by molar-refractivity contribution is 0.252. The van der Waals surface area contributed by atoms with Crippen LogP contribution in [-0.2, 0) is 6.42 Å². The Kier molecular flexibility index (Phi) is 7.16. The standard InChI is InChI=1S/C28H22FN3O2/c29-24-8-5-20(6-9-24)4-7-23-19-25(10-11-27(23)22-13-15-30-16-14-22)32-28(34)31-17-12-21-2-1-3-26(33)18-21/h1-3,5-6,8-11,13-16,18-19,33H,12,17H2,(H2,31,32,34). The van der Waals surface area contributed by atoms with Crippen LogP contribution >= 0.6 is 0 Å². The summed E-state index contributed by atoms with van der Waals surface area (Å²) in [7, 11) is 0. The molecule has 168 valence electrons. The van der Waals surface area contributed by atoms with Crippen molar-refractivity contribution >= 4 is 11.7 Å². The highest BCUT2D eigenvalue weighted by Crippen LogP contribution is 2.26. The van der Waals surface area contributed by atoms with E-state index in [2.05, 4.69) is 27.5 Å². The molecule has 0 aliphatic carbocycles. The van der Waals surface area contributed by atoms with Crippen LogP contribution in [0.1, 0.15) is 16.7 Å². The van der Waals surface area contributed by atoms with Gasteiger partial charge in [-0.1, -0.05) is 30.0 Å². The third-order valence-electron chi connectivity index (χ3n) is 5.06. The van der Waals surface area contributed by atoms with Crippen LogP contribution in [0.4, 0.5) is 14.9 Å². The van der Waals surface area contributed by atoms with Crippen molar-refractivity contribution < 1.29 is 14.3 Å². The minimum absolute atomic E-state index is 0.200. The number of aromatic hydroxyl groups is 1. The highest BCUT2D eigenvalue weighted by Gasteiger charge is 2.08. The lowest BCUT2D eigenvalue weighted by Crippen LogP contribution is -2.30. The first-order valence-electron chi connectivity index (χ1n) is 10.7. The van der Waals surface area contributed by atoms with Crippen molar-refractivity contribution in [3.05, 3.63) is 114 Å². The van der Waals surface area contributed by atoms with Crippen LogP contribution in [0.3, 0.4) is 0 Å². The van der Waals surface area contributed by atoms with E-state index in [4.69, 9.17) is 0 Å². The second-order valence-corrected chi connectivity index (χ2v) is 7.55. The molecule has 0 radical (unpaired) electrons. The number of hydrogen-bond donors (Lipinski definition) is 3. The van der Waals surface area contributed by atoms with Gasteiger partial charge in [0.15, 0.2) is 0 Å². The average Bonchev–Trinajstić information content (AvgIpc) is 2.84. The van der Waals surface area contributed by atoms with Gasteiger partial charge in [0.1, 0.15) is 11.6 Å². The van der Waals surface area contributed by atoms with Gasteiger partial charge in [-0.05, 0) is 83.8 Å². The van der Waals surface area contributed by atoms with Crippen LogP contribution in [0.2, 0.25) is 0 Å². The Hall–Kier alpha value is -4.63. The van der Waals surface area contributed by atoms with Crippen molar-refractivity contribution in [1.82, 2.24) is 10.3 Å². The van der Waals surface area contributed by atoms with E-state index in [1.807, 2.05) is 30.3 Å². The van der Waals surface area contributed by atoms with Crippen molar-refractivity contribution in [3.8, 4) is 28.7 Å². The molecule has 4 rings (SSSR count). The fraction of sp³-hybridized carbons (Fsp3) is 0.0714. The first-order valence-corrected chi connectivity index (χ1v) is 10.7.